The molecule has 1 aromatic rings. The lowest BCUT2D eigenvalue weighted by molar-refractivity contribution is -0.274. The summed E-state index contributed by atoms with van der Waals surface area (Å²) in [7, 11) is 0. The smallest absolute Gasteiger partial charge is 0.455 e. The third-order valence-corrected chi connectivity index (χ3v) is 4.53. The molecule has 1 heterocycles. The maximum absolute atomic E-state index is 12.6. The maximum Gasteiger partial charge on any atom is 0.573 e. The van der Waals surface area contributed by atoms with E-state index in [0.29, 0.717) is 0 Å². The quantitative estimate of drug-likeness (QED) is 0.415. The molecule has 0 saturated carbocycles. The molecule has 9 nitrogen and oxygen atoms in total. The van der Waals surface area contributed by atoms with Crippen LogP contribution in [-0.4, -0.2) is 55.3 Å². The van der Waals surface area contributed by atoms with Crippen LogP contribution < -0.4 is 9.64 Å². The van der Waals surface area contributed by atoms with Crippen LogP contribution in [0.5, 0.6) is 5.75 Å². The van der Waals surface area contributed by atoms with Crippen molar-refractivity contribution in [3.8, 4) is 17.9 Å². The largest absolute Gasteiger partial charge is 0.573 e. The number of nitrogens with zero attached hydrogens (tertiary/aromatic N) is 4. The van der Waals surface area contributed by atoms with Crippen LogP contribution in [0.15, 0.2) is 24.3 Å². The summed E-state index contributed by atoms with van der Waals surface area (Å²) in [5.74, 6) is -3.93. The molecule has 12 heteroatoms. The highest BCUT2D eigenvalue weighted by Crippen LogP contribution is 2.30. The van der Waals surface area contributed by atoms with Crippen LogP contribution in [0.3, 0.4) is 0 Å². The lowest BCUT2D eigenvalue weighted by Gasteiger charge is -2.20. The van der Waals surface area contributed by atoms with Crippen LogP contribution in [0.4, 0.5) is 18.9 Å². The third-order valence-electron chi connectivity index (χ3n) is 4.53. The SMILES string of the molecule is N#CCCN(CCC#N)C(=O)COC(=O)C1CCN(c2cccc(OC(F)(F)F)c2)C1=O. The fraction of sp³-hybridized carbons (Fsp3) is 0.450. The van der Waals surface area contributed by atoms with Crippen molar-refractivity contribution in [1.29, 1.82) is 10.5 Å². The Labute approximate surface area is 181 Å². The summed E-state index contributed by atoms with van der Waals surface area (Å²) in [5.41, 5.74) is 0.127. The minimum Gasteiger partial charge on any atom is -0.455 e. The summed E-state index contributed by atoms with van der Waals surface area (Å²) >= 11 is 0. The minimum absolute atomic E-state index is 0.0400. The number of rotatable bonds is 9. The van der Waals surface area contributed by atoms with E-state index >= 15 is 0 Å². The first-order valence-electron chi connectivity index (χ1n) is 9.51. The van der Waals surface area contributed by atoms with Gasteiger partial charge in [0.15, 0.2) is 6.61 Å². The van der Waals surface area contributed by atoms with E-state index in [9.17, 15) is 27.6 Å². The van der Waals surface area contributed by atoms with Crippen LogP contribution in [-0.2, 0) is 19.1 Å². The van der Waals surface area contributed by atoms with Gasteiger partial charge in [-0.3, -0.25) is 14.4 Å². The minimum atomic E-state index is -4.89. The number of carbonyl (C=O) groups is 3. The molecule has 0 radical (unpaired) electrons. The molecule has 2 rings (SSSR count). The van der Waals surface area contributed by atoms with E-state index < -0.39 is 42.4 Å². The molecule has 170 valence electrons. The monoisotopic (exact) mass is 452 g/mol. The lowest BCUT2D eigenvalue weighted by Crippen LogP contribution is -2.37. The second-order valence-corrected chi connectivity index (χ2v) is 6.68. The predicted octanol–water partition coefficient (Wildman–Crippen LogP) is 2.14. The van der Waals surface area contributed by atoms with Gasteiger partial charge < -0.3 is 19.3 Å². The van der Waals surface area contributed by atoms with E-state index in [4.69, 9.17) is 15.3 Å². The molecule has 1 saturated heterocycles. The van der Waals surface area contributed by atoms with Gasteiger partial charge in [-0.15, -0.1) is 13.2 Å². The molecule has 1 aliphatic heterocycles. The van der Waals surface area contributed by atoms with Crippen molar-refractivity contribution >= 4 is 23.5 Å². The van der Waals surface area contributed by atoms with Gasteiger partial charge in [-0.2, -0.15) is 10.5 Å². The van der Waals surface area contributed by atoms with Crippen molar-refractivity contribution < 1.29 is 37.0 Å². The van der Waals surface area contributed by atoms with Crippen molar-refractivity contribution in [2.45, 2.75) is 25.6 Å². The Morgan fingerprint density at radius 2 is 1.84 bits per heavy atom. The van der Waals surface area contributed by atoms with Crippen molar-refractivity contribution in [3.63, 3.8) is 0 Å². The normalized spacial score (nSPS) is 15.6. The zero-order valence-corrected chi connectivity index (χ0v) is 16.8. The molecular formula is C20H19F3N4O5. The van der Waals surface area contributed by atoms with Crippen molar-refractivity contribution in [2.24, 2.45) is 5.92 Å². The number of esters is 1. The summed E-state index contributed by atoms with van der Waals surface area (Å²) in [6, 6.07) is 8.55. The number of nitriles is 2. The first-order valence-corrected chi connectivity index (χ1v) is 9.51. The van der Waals surface area contributed by atoms with Gasteiger partial charge in [-0.1, -0.05) is 6.07 Å². The molecule has 1 unspecified atom stereocenters. The van der Waals surface area contributed by atoms with Gasteiger partial charge in [0.1, 0.15) is 11.7 Å². The number of alkyl halides is 3. The number of amides is 2. The molecule has 0 aromatic heterocycles. The number of carbonyl (C=O) groups excluding carboxylic acids is 3. The van der Waals surface area contributed by atoms with Gasteiger partial charge in [-0.25, -0.2) is 0 Å². The number of hydrogen-bond donors (Lipinski definition) is 0. The van der Waals surface area contributed by atoms with Gasteiger partial charge in [0.05, 0.1) is 25.0 Å². The molecule has 32 heavy (non-hydrogen) atoms. The van der Waals surface area contributed by atoms with E-state index in [0.717, 1.165) is 17.0 Å². The molecule has 2 amide bonds. The summed E-state index contributed by atoms with van der Waals surface area (Å²) < 4.78 is 46.0. The van der Waals surface area contributed by atoms with Crippen LogP contribution in [0.25, 0.3) is 0 Å². The number of benzene rings is 1. The summed E-state index contributed by atoms with van der Waals surface area (Å²) in [6.07, 6.45) is -4.75. The zero-order chi connectivity index (χ0) is 23.7. The Morgan fingerprint density at radius 3 is 2.44 bits per heavy atom. The van der Waals surface area contributed by atoms with Gasteiger partial charge in [0.25, 0.3) is 5.91 Å². The molecule has 0 spiro atoms. The van der Waals surface area contributed by atoms with E-state index in [1.54, 1.807) is 0 Å². The van der Waals surface area contributed by atoms with E-state index in [2.05, 4.69) is 4.74 Å². The van der Waals surface area contributed by atoms with Crippen molar-refractivity contribution in [1.82, 2.24) is 4.90 Å². The average molecular weight is 452 g/mol. The lowest BCUT2D eigenvalue weighted by atomic mass is 10.1. The van der Waals surface area contributed by atoms with Crippen molar-refractivity contribution in [2.75, 3.05) is 31.1 Å². The van der Waals surface area contributed by atoms with E-state index in [1.165, 1.54) is 17.0 Å². The Bertz CT molecular complexity index is 920. The molecule has 0 aliphatic carbocycles. The van der Waals surface area contributed by atoms with Crippen LogP contribution in [0, 0.1) is 28.6 Å². The average Bonchev–Trinajstić information content (AvgIpc) is 3.12. The summed E-state index contributed by atoms with van der Waals surface area (Å²) in [6.45, 7) is -0.449. The van der Waals surface area contributed by atoms with Gasteiger partial charge in [0, 0.05) is 31.4 Å². The fourth-order valence-electron chi connectivity index (χ4n) is 3.06. The first-order chi connectivity index (χ1) is 15.2. The standard InChI is InChI=1S/C20H19F3N4O5/c21-20(22,23)32-15-5-1-4-14(12-15)27-11-6-16(18(27)29)19(30)31-13-17(28)26(9-2-7-24)10-3-8-25/h1,4-5,12,16H,2-3,6,9-11,13H2. The first kappa shape index (κ1) is 24.5. The summed E-state index contributed by atoms with van der Waals surface area (Å²) in [4.78, 5) is 39.5. The second kappa shape index (κ2) is 11.0. The van der Waals surface area contributed by atoms with Gasteiger partial charge in [-0.05, 0) is 18.6 Å². The highest BCUT2D eigenvalue weighted by atomic mass is 19.4. The van der Waals surface area contributed by atoms with Crippen molar-refractivity contribution in [3.05, 3.63) is 24.3 Å². The number of hydrogen-bond acceptors (Lipinski definition) is 7. The molecule has 0 bridgehead atoms. The second-order valence-electron chi connectivity index (χ2n) is 6.68. The Hall–Kier alpha value is -3.80. The summed E-state index contributed by atoms with van der Waals surface area (Å²) in [5, 5.41) is 17.3. The zero-order valence-electron chi connectivity index (χ0n) is 16.8. The van der Waals surface area contributed by atoms with Gasteiger partial charge in [0.2, 0.25) is 5.91 Å². The Kier molecular flexibility index (Phi) is 8.41. The third kappa shape index (κ3) is 6.87. The topological polar surface area (TPSA) is 124 Å². The molecular weight excluding hydrogens is 433 g/mol. The van der Waals surface area contributed by atoms with Crippen LogP contribution in [0.1, 0.15) is 19.3 Å². The Morgan fingerprint density at radius 1 is 1.19 bits per heavy atom. The van der Waals surface area contributed by atoms with E-state index in [-0.39, 0.29) is 44.6 Å². The number of anilines is 1. The maximum atomic E-state index is 12.6. The Balaban J connectivity index is 1.97. The molecule has 0 N–H and O–H groups in total. The predicted molar refractivity (Wildman–Crippen MR) is 102 cm³/mol. The molecule has 1 fully saturated rings. The fourth-order valence-corrected chi connectivity index (χ4v) is 3.06. The number of halogens is 3. The highest BCUT2D eigenvalue weighted by Gasteiger charge is 2.39. The van der Waals surface area contributed by atoms with Crippen LogP contribution >= 0.6 is 0 Å². The van der Waals surface area contributed by atoms with Crippen LogP contribution in [0.2, 0.25) is 0 Å². The highest BCUT2D eigenvalue weighted by molar-refractivity contribution is 6.08. The molecule has 1 atom stereocenters. The van der Waals surface area contributed by atoms with Gasteiger partial charge >= 0.3 is 12.3 Å². The molecule has 1 aliphatic rings. The molecule has 1 aromatic carbocycles. The van der Waals surface area contributed by atoms with E-state index in [1.807, 2.05) is 12.1 Å². The number of ether oxygens (including phenoxy) is 2.